The standard InChI is InChI=1S/C15H23ClN2O3S.ClH/c1-11(2)8-15(3,10-17)18-14(19)9-22(20,21)13-6-4-12(16)5-7-13;/h4-7,11H,8-10,17H2,1-3H3,(H,18,19);1H. The predicted octanol–water partition coefficient (Wildman–Crippen LogP) is 2.42. The van der Waals surface area contributed by atoms with E-state index in [4.69, 9.17) is 17.3 Å². The van der Waals surface area contributed by atoms with Gasteiger partial charge in [-0.1, -0.05) is 25.4 Å². The van der Waals surface area contributed by atoms with E-state index in [1.54, 1.807) is 0 Å². The molecule has 1 atom stereocenters. The van der Waals surface area contributed by atoms with Crippen LogP contribution in [0.1, 0.15) is 27.2 Å². The van der Waals surface area contributed by atoms with Crippen LogP contribution in [0.5, 0.6) is 0 Å². The van der Waals surface area contributed by atoms with Gasteiger partial charge in [-0.2, -0.15) is 0 Å². The number of amides is 1. The Morgan fingerprint density at radius 3 is 2.26 bits per heavy atom. The molecule has 0 aliphatic carbocycles. The quantitative estimate of drug-likeness (QED) is 0.757. The van der Waals surface area contributed by atoms with Gasteiger partial charge in [-0.05, 0) is 43.5 Å². The van der Waals surface area contributed by atoms with E-state index in [0.717, 1.165) is 0 Å². The Morgan fingerprint density at radius 1 is 1.30 bits per heavy atom. The molecule has 0 spiro atoms. The molecule has 0 saturated heterocycles. The van der Waals surface area contributed by atoms with Crippen LogP contribution in [0, 0.1) is 5.92 Å². The first-order chi connectivity index (χ1) is 10.1. The highest BCUT2D eigenvalue weighted by Crippen LogP contribution is 2.17. The highest BCUT2D eigenvalue weighted by atomic mass is 35.5. The number of rotatable bonds is 7. The molecule has 0 saturated carbocycles. The summed E-state index contributed by atoms with van der Waals surface area (Å²) in [5.74, 6) is -0.826. The van der Waals surface area contributed by atoms with Crippen LogP contribution in [-0.4, -0.2) is 32.2 Å². The first kappa shape index (κ1) is 22.2. The van der Waals surface area contributed by atoms with Crippen molar-refractivity contribution in [2.45, 2.75) is 37.6 Å². The molecule has 1 unspecified atom stereocenters. The third-order valence-electron chi connectivity index (χ3n) is 3.24. The number of carbonyl (C=O) groups excluding carboxylic acids is 1. The summed E-state index contributed by atoms with van der Waals surface area (Å²) in [4.78, 5) is 12.2. The van der Waals surface area contributed by atoms with Gasteiger partial charge in [-0.25, -0.2) is 8.42 Å². The lowest BCUT2D eigenvalue weighted by Crippen LogP contribution is -2.53. The van der Waals surface area contributed by atoms with E-state index in [9.17, 15) is 13.2 Å². The monoisotopic (exact) mass is 382 g/mol. The summed E-state index contributed by atoms with van der Waals surface area (Å²) < 4.78 is 24.4. The Labute approximate surface area is 149 Å². The average molecular weight is 383 g/mol. The van der Waals surface area contributed by atoms with E-state index >= 15 is 0 Å². The molecule has 1 aromatic rings. The zero-order valence-corrected chi connectivity index (χ0v) is 15.9. The van der Waals surface area contributed by atoms with Gasteiger partial charge in [-0.15, -0.1) is 12.4 Å². The Balaban J connectivity index is 0.00000484. The normalized spacial score (nSPS) is 14.0. The van der Waals surface area contributed by atoms with E-state index in [1.807, 2.05) is 20.8 Å². The molecule has 0 aliphatic heterocycles. The van der Waals surface area contributed by atoms with Gasteiger partial charge in [0.25, 0.3) is 0 Å². The van der Waals surface area contributed by atoms with Crippen molar-refractivity contribution in [3.63, 3.8) is 0 Å². The Hall–Kier alpha value is -0.820. The van der Waals surface area contributed by atoms with Crippen LogP contribution >= 0.6 is 24.0 Å². The largest absolute Gasteiger partial charge is 0.349 e. The second kappa shape index (κ2) is 8.87. The van der Waals surface area contributed by atoms with Crippen LogP contribution in [0.4, 0.5) is 0 Å². The van der Waals surface area contributed by atoms with Gasteiger partial charge in [0.2, 0.25) is 5.91 Å². The number of sulfone groups is 1. The Bertz CT molecular complexity index is 618. The van der Waals surface area contributed by atoms with Crippen LogP contribution in [0.15, 0.2) is 29.2 Å². The Morgan fingerprint density at radius 2 is 1.83 bits per heavy atom. The lowest BCUT2D eigenvalue weighted by atomic mass is 9.91. The van der Waals surface area contributed by atoms with Crippen molar-refractivity contribution in [3.8, 4) is 0 Å². The average Bonchev–Trinajstić information content (AvgIpc) is 2.37. The van der Waals surface area contributed by atoms with Crippen LogP contribution in [0.25, 0.3) is 0 Å². The Kier molecular flexibility index (Phi) is 8.56. The third-order valence-corrected chi connectivity index (χ3v) is 5.13. The van der Waals surface area contributed by atoms with E-state index < -0.39 is 27.0 Å². The SMILES string of the molecule is CC(C)CC(C)(CN)NC(=O)CS(=O)(=O)c1ccc(Cl)cc1.Cl. The number of carbonyl (C=O) groups is 1. The molecule has 0 bridgehead atoms. The molecule has 0 aromatic heterocycles. The smallest absolute Gasteiger partial charge is 0.236 e. The van der Waals surface area contributed by atoms with Gasteiger partial charge in [0.05, 0.1) is 4.90 Å². The van der Waals surface area contributed by atoms with Crippen molar-refractivity contribution in [2.24, 2.45) is 11.7 Å². The maximum atomic E-state index is 12.2. The minimum absolute atomic E-state index is 0. The topological polar surface area (TPSA) is 89.3 Å². The van der Waals surface area contributed by atoms with Crippen LogP contribution in [-0.2, 0) is 14.6 Å². The fourth-order valence-corrected chi connectivity index (χ4v) is 3.62. The minimum Gasteiger partial charge on any atom is -0.349 e. The van der Waals surface area contributed by atoms with Crippen LogP contribution in [0.2, 0.25) is 5.02 Å². The summed E-state index contributed by atoms with van der Waals surface area (Å²) in [6.45, 7) is 6.10. The molecule has 8 heteroatoms. The zero-order chi connectivity index (χ0) is 17.0. The molecule has 5 nitrogen and oxygen atoms in total. The predicted molar refractivity (Wildman–Crippen MR) is 95.8 cm³/mol. The number of nitrogens with one attached hydrogen (secondary N) is 1. The van der Waals surface area contributed by atoms with E-state index in [2.05, 4.69) is 5.32 Å². The fourth-order valence-electron chi connectivity index (χ4n) is 2.36. The van der Waals surface area contributed by atoms with Crippen LogP contribution in [0.3, 0.4) is 0 Å². The molecule has 23 heavy (non-hydrogen) atoms. The molecule has 1 rings (SSSR count). The molecule has 3 N–H and O–H groups in total. The van der Waals surface area contributed by atoms with Crippen LogP contribution < -0.4 is 11.1 Å². The fraction of sp³-hybridized carbons (Fsp3) is 0.533. The summed E-state index contributed by atoms with van der Waals surface area (Å²) in [5.41, 5.74) is 5.11. The lowest BCUT2D eigenvalue weighted by Gasteiger charge is -2.31. The molecule has 0 aliphatic rings. The maximum Gasteiger partial charge on any atom is 0.236 e. The van der Waals surface area contributed by atoms with Crippen molar-refractivity contribution in [3.05, 3.63) is 29.3 Å². The number of hydrogen-bond acceptors (Lipinski definition) is 4. The maximum absolute atomic E-state index is 12.2. The number of benzene rings is 1. The number of nitrogens with two attached hydrogens (primary N) is 1. The van der Waals surface area contributed by atoms with Crippen molar-refractivity contribution < 1.29 is 13.2 Å². The summed E-state index contributed by atoms with van der Waals surface area (Å²) in [7, 11) is -3.70. The van der Waals surface area contributed by atoms with Crippen molar-refractivity contribution in [1.29, 1.82) is 0 Å². The molecule has 1 aromatic carbocycles. The van der Waals surface area contributed by atoms with Gasteiger partial charge in [0.15, 0.2) is 9.84 Å². The molecule has 0 heterocycles. The lowest BCUT2D eigenvalue weighted by molar-refractivity contribution is -0.120. The van der Waals surface area contributed by atoms with Gasteiger partial charge >= 0.3 is 0 Å². The summed E-state index contributed by atoms with van der Waals surface area (Å²) in [6.07, 6.45) is 0.677. The molecular weight excluding hydrogens is 359 g/mol. The first-order valence-corrected chi connectivity index (χ1v) is 9.10. The second-order valence-corrected chi connectivity index (χ2v) is 8.55. The van der Waals surface area contributed by atoms with Gasteiger partial charge in [0.1, 0.15) is 5.75 Å². The van der Waals surface area contributed by atoms with E-state index in [0.29, 0.717) is 17.4 Å². The van der Waals surface area contributed by atoms with Crippen molar-refractivity contribution >= 4 is 39.8 Å². The van der Waals surface area contributed by atoms with Crippen molar-refractivity contribution in [1.82, 2.24) is 5.32 Å². The molecule has 1 amide bonds. The van der Waals surface area contributed by atoms with E-state index in [1.165, 1.54) is 24.3 Å². The molecular formula is C15H24Cl2N2O3S. The van der Waals surface area contributed by atoms with Gasteiger partial charge in [0, 0.05) is 17.1 Å². The molecule has 0 fully saturated rings. The van der Waals surface area contributed by atoms with Crippen molar-refractivity contribution in [2.75, 3.05) is 12.3 Å². The summed E-state index contributed by atoms with van der Waals surface area (Å²) >= 11 is 5.73. The van der Waals surface area contributed by atoms with Gasteiger partial charge < -0.3 is 11.1 Å². The zero-order valence-electron chi connectivity index (χ0n) is 13.5. The van der Waals surface area contributed by atoms with E-state index in [-0.39, 0.29) is 23.8 Å². The first-order valence-electron chi connectivity index (χ1n) is 7.07. The summed E-state index contributed by atoms with van der Waals surface area (Å²) in [5, 5.41) is 3.18. The second-order valence-electron chi connectivity index (χ2n) is 6.12. The summed E-state index contributed by atoms with van der Waals surface area (Å²) in [6, 6.07) is 5.74. The molecule has 132 valence electrons. The molecule has 0 radical (unpaired) electrons. The highest BCUT2D eigenvalue weighted by molar-refractivity contribution is 7.92. The minimum atomic E-state index is -3.70. The number of halogens is 2. The third kappa shape index (κ3) is 7.08. The number of hydrogen-bond donors (Lipinski definition) is 2. The highest BCUT2D eigenvalue weighted by Gasteiger charge is 2.28. The van der Waals surface area contributed by atoms with Gasteiger partial charge in [-0.3, -0.25) is 4.79 Å².